The van der Waals surface area contributed by atoms with Gasteiger partial charge in [0.2, 0.25) is 5.91 Å². The second-order valence-electron chi connectivity index (χ2n) is 5.56. The van der Waals surface area contributed by atoms with Gasteiger partial charge in [0.15, 0.2) is 0 Å². The van der Waals surface area contributed by atoms with E-state index in [2.05, 4.69) is 5.32 Å². The number of carboxylic acids is 1. The highest BCUT2D eigenvalue weighted by Gasteiger charge is 2.29. The number of carboxylic acid groups (broad SMARTS) is 1. The van der Waals surface area contributed by atoms with Gasteiger partial charge in [0.1, 0.15) is 0 Å². The summed E-state index contributed by atoms with van der Waals surface area (Å²) in [5.74, 6) is -0.952. The van der Waals surface area contributed by atoms with Gasteiger partial charge in [-0.3, -0.25) is 9.59 Å². The third-order valence-corrected chi connectivity index (χ3v) is 3.20. The Morgan fingerprint density at radius 2 is 1.82 bits per heavy atom. The van der Waals surface area contributed by atoms with Crippen molar-refractivity contribution in [2.75, 3.05) is 0 Å². The summed E-state index contributed by atoms with van der Waals surface area (Å²) in [5.41, 5.74) is 5.09. The lowest BCUT2D eigenvalue weighted by molar-refractivity contribution is -0.139. The van der Waals surface area contributed by atoms with Crippen LogP contribution in [0, 0.1) is 5.92 Å². The van der Waals surface area contributed by atoms with Crippen molar-refractivity contribution < 1.29 is 14.7 Å². The van der Waals surface area contributed by atoms with Crippen molar-refractivity contribution in [3.05, 3.63) is 0 Å². The number of aliphatic carboxylic acids is 1. The van der Waals surface area contributed by atoms with Crippen LogP contribution < -0.4 is 11.1 Å². The number of nitrogens with two attached hydrogens (primary N) is 1. The van der Waals surface area contributed by atoms with Crippen molar-refractivity contribution in [3.63, 3.8) is 0 Å². The van der Waals surface area contributed by atoms with Gasteiger partial charge >= 0.3 is 5.97 Å². The lowest BCUT2D eigenvalue weighted by Gasteiger charge is -2.30. The molecule has 0 radical (unpaired) electrons. The van der Waals surface area contributed by atoms with Crippen LogP contribution in [-0.4, -0.2) is 28.6 Å². The summed E-state index contributed by atoms with van der Waals surface area (Å²) in [6.45, 7) is 3.46. The summed E-state index contributed by atoms with van der Waals surface area (Å²) >= 11 is 0. The molecular weight excluding hydrogens is 220 g/mol. The van der Waals surface area contributed by atoms with Crippen LogP contribution in [0.25, 0.3) is 0 Å². The molecule has 1 aliphatic carbocycles. The second-order valence-corrected chi connectivity index (χ2v) is 5.56. The van der Waals surface area contributed by atoms with Crippen molar-refractivity contribution >= 4 is 11.9 Å². The van der Waals surface area contributed by atoms with E-state index in [1.54, 1.807) is 13.8 Å². The van der Waals surface area contributed by atoms with E-state index in [4.69, 9.17) is 10.8 Å². The topological polar surface area (TPSA) is 92.4 Å². The highest BCUT2D eigenvalue weighted by Crippen LogP contribution is 2.24. The smallest absolute Gasteiger partial charge is 0.305 e. The van der Waals surface area contributed by atoms with E-state index >= 15 is 0 Å². The molecule has 0 unspecified atom stereocenters. The fourth-order valence-corrected chi connectivity index (χ4v) is 2.24. The fourth-order valence-electron chi connectivity index (χ4n) is 2.24. The Kier molecular flexibility index (Phi) is 4.51. The van der Waals surface area contributed by atoms with E-state index < -0.39 is 11.5 Å². The van der Waals surface area contributed by atoms with Crippen LogP contribution in [0.2, 0.25) is 0 Å². The molecule has 4 N–H and O–H groups in total. The SMILES string of the molecule is CC(C)(CC(=O)O)NC(=O)C1CCC(N)CC1. The molecule has 0 bridgehead atoms. The maximum atomic E-state index is 12.0. The molecule has 0 spiro atoms. The molecule has 5 heteroatoms. The number of hydrogen-bond donors (Lipinski definition) is 3. The van der Waals surface area contributed by atoms with E-state index in [1.807, 2.05) is 0 Å². The van der Waals surface area contributed by atoms with Gasteiger partial charge in [-0.25, -0.2) is 0 Å². The largest absolute Gasteiger partial charge is 0.481 e. The molecule has 1 saturated carbocycles. The summed E-state index contributed by atoms with van der Waals surface area (Å²) in [6.07, 6.45) is 3.28. The molecule has 17 heavy (non-hydrogen) atoms. The Morgan fingerprint density at radius 1 is 1.29 bits per heavy atom. The molecule has 0 saturated heterocycles. The minimum atomic E-state index is -0.902. The van der Waals surface area contributed by atoms with Gasteiger partial charge in [0.25, 0.3) is 0 Å². The molecule has 1 aliphatic rings. The summed E-state index contributed by atoms with van der Waals surface area (Å²) in [7, 11) is 0. The van der Waals surface area contributed by atoms with Crippen molar-refractivity contribution in [2.24, 2.45) is 11.7 Å². The van der Waals surface area contributed by atoms with Gasteiger partial charge in [0, 0.05) is 17.5 Å². The van der Waals surface area contributed by atoms with E-state index in [-0.39, 0.29) is 24.3 Å². The average molecular weight is 242 g/mol. The lowest BCUT2D eigenvalue weighted by atomic mass is 9.85. The van der Waals surface area contributed by atoms with E-state index in [1.165, 1.54) is 0 Å². The van der Waals surface area contributed by atoms with Gasteiger partial charge in [-0.15, -0.1) is 0 Å². The maximum absolute atomic E-state index is 12.0. The Morgan fingerprint density at radius 3 is 2.29 bits per heavy atom. The van der Waals surface area contributed by atoms with Crippen LogP contribution in [0.5, 0.6) is 0 Å². The molecule has 5 nitrogen and oxygen atoms in total. The molecule has 1 amide bonds. The number of carbonyl (C=O) groups is 2. The highest BCUT2D eigenvalue weighted by molar-refractivity contribution is 5.80. The van der Waals surface area contributed by atoms with Crippen LogP contribution in [0.15, 0.2) is 0 Å². The minimum absolute atomic E-state index is 0.0112. The maximum Gasteiger partial charge on any atom is 0.305 e. The molecule has 0 aliphatic heterocycles. The molecule has 0 heterocycles. The molecule has 0 aromatic rings. The zero-order valence-electron chi connectivity index (χ0n) is 10.5. The standard InChI is InChI=1S/C12H22N2O3/c1-12(2,7-10(15)16)14-11(17)8-3-5-9(13)6-4-8/h8-9H,3-7,13H2,1-2H3,(H,14,17)(H,15,16). The summed E-state index contributed by atoms with van der Waals surface area (Å²) in [6, 6.07) is 0.214. The average Bonchev–Trinajstić information content (AvgIpc) is 2.15. The third-order valence-electron chi connectivity index (χ3n) is 3.20. The van der Waals surface area contributed by atoms with Gasteiger partial charge in [-0.05, 0) is 39.5 Å². The molecule has 0 atom stereocenters. The van der Waals surface area contributed by atoms with Gasteiger partial charge in [-0.1, -0.05) is 0 Å². The van der Waals surface area contributed by atoms with Crippen molar-refractivity contribution in [2.45, 2.75) is 57.5 Å². The van der Waals surface area contributed by atoms with Crippen LogP contribution in [-0.2, 0) is 9.59 Å². The number of amides is 1. The zero-order valence-corrected chi connectivity index (χ0v) is 10.5. The van der Waals surface area contributed by atoms with Crippen molar-refractivity contribution in [1.82, 2.24) is 5.32 Å². The minimum Gasteiger partial charge on any atom is -0.481 e. The Labute approximate surface area is 102 Å². The van der Waals surface area contributed by atoms with Crippen LogP contribution in [0.3, 0.4) is 0 Å². The molecular formula is C12H22N2O3. The second kappa shape index (κ2) is 5.49. The van der Waals surface area contributed by atoms with Crippen LogP contribution in [0.1, 0.15) is 46.0 Å². The number of carbonyl (C=O) groups excluding carboxylic acids is 1. The van der Waals surface area contributed by atoms with Crippen LogP contribution >= 0.6 is 0 Å². The summed E-state index contributed by atoms with van der Waals surface area (Å²) in [4.78, 5) is 22.6. The first-order chi connectivity index (χ1) is 7.80. The molecule has 0 aromatic carbocycles. The van der Waals surface area contributed by atoms with Crippen LogP contribution in [0.4, 0.5) is 0 Å². The number of rotatable bonds is 4. The Balaban J connectivity index is 2.45. The predicted octanol–water partition coefficient (Wildman–Crippen LogP) is 0.873. The van der Waals surface area contributed by atoms with Crippen molar-refractivity contribution in [1.29, 1.82) is 0 Å². The monoisotopic (exact) mass is 242 g/mol. The van der Waals surface area contributed by atoms with E-state index in [9.17, 15) is 9.59 Å². The Bertz CT molecular complexity index is 294. The van der Waals surface area contributed by atoms with Gasteiger partial charge < -0.3 is 16.2 Å². The Hall–Kier alpha value is -1.10. The molecule has 1 fully saturated rings. The number of hydrogen-bond acceptors (Lipinski definition) is 3. The molecule has 0 aromatic heterocycles. The first-order valence-electron chi connectivity index (χ1n) is 6.09. The summed E-state index contributed by atoms with van der Waals surface area (Å²) < 4.78 is 0. The number of nitrogens with one attached hydrogen (secondary N) is 1. The van der Waals surface area contributed by atoms with E-state index in [0.29, 0.717) is 0 Å². The zero-order chi connectivity index (χ0) is 13.1. The van der Waals surface area contributed by atoms with Crippen molar-refractivity contribution in [3.8, 4) is 0 Å². The van der Waals surface area contributed by atoms with E-state index in [0.717, 1.165) is 25.7 Å². The fraction of sp³-hybridized carbons (Fsp3) is 0.833. The van der Waals surface area contributed by atoms with Gasteiger partial charge in [0.05, 0.1) is 6.42 Å². The first-order valence-corrected chi connectivity index (χ1v) is 6.09. The first kappa shape index (κ1) is 14.0. The predicted molar refractivity (Wildman–Crippen MR) is 64.4 cm³/mol. The third kappa shape index (κ3) is 4.73. The molecule has 1 rings (SSSR count). The normalized spacial score (nSPS) is 25.4. The molecule has 98 valence electrons. The quantitative estimate of drug-likeness (QED) is 0.682. The summed E-state index contributed by atoms with van der Waals surface area (Å²) in [5, 5.41) is 11.6. The van der Waals surface area contributed by atoms with Gasteiger partial charge in [-0.2, -0.15) is 0 Å². The highest BCUT2D eigenvalue weighted by atomic mass is 16.4. The lowest BCUT2D eigenvalue weighted by Crippen LogP contribution is -2.48.